The van der Waals surface area contributed by atoms with Crippen LogP contribution >= 0.6 is 0 Å². The average molecular weight is 261 g/mol. The van der Waals surface area contributed by atoms with Gasteiger partial charge in [-0.25, -0.2) is 4.98 Å². The van der Waals surface area contributed by atoms with Gasteiger partial charge in [0.25, 0.3) is 0 Å². The van der Waals surface area contributed by atoms with Crippen molar-refractivity contribution in [2.45, 2.75) is 40.0 Å². The first-order valence-corrected chi connectivity index (χ1v) is 6.43. The predicted octanol–water partition coefficient (Wildman–Crippen LogP) is 2.07. The van der Waals surface area contributed by atoms with Crippen LogP contribution in [0.4, 0.5) is 0 Å². The van der Waals surface area contributed by atoms with Crippen LogP contribution in [0.25, 0.3) is 0 Å². The summed E-state index contributed by atoms with van der Waals surface area (Å²) < 4.78 is 7.80. The van der Waals surface area contributed by atoms with E-state index in [1.807, 2.05) is 25.4 Å². The van der Waals surface area contributed by atoms with Gasteiger partial charge >= 0.3 is 0 Å². The molecule has 0 fully saturated rings. The number of rotatable bonds is 6. The summed E-state index contributed by atoms with van der Waals surface area (Å²) in [5.74, 6) is 0.623. The maximum absolute atomic E-state index is 9.28. The minimum Gasteiger partial charge on any atom is -0.485 e. The second-order valence-corrected chi connectivity index (χ2v) is 4.42. The molecule has 0 atom stereocenters. The zero-order chi connectivity index (χ0) is 13.7. The van der Waals surface area contributed by atoms with Crippen LogP contribution in [0, 0.1) is 6.92 Å². The van der Waals surface area contributed by atoms with Crippen molar-refractivity contribution in [1.82, 2.24) is 14.5 Å². The molecule has 1 N–H and O–H groups in total. The number of aryl methyl sites for hydroxylation is 2. The van der Waals surface area contributed by atoms with E-state index < -0.39 is 0 Å². The molecule has 0 radical (unpaired) electrons. The fourth-order valence-corrected chi connectivity index (χ4v) is 1.90. The summed E-state index contributed by atoms with van der Waals surface area (Å²) in [6.07, 6.45) is 4.66. The van der Waals surface area contributed by atoms with E-state index in [9.17, 15) is 5.11 Å². The summed E-state index contributed by atoms with van der Waals surface area (Å²) in [5, 5.41) is 9.28. The van der Waals surface area contributed by atoms with Crippen LogP contribution in [0.15, 0.2) is 24.7 Å². The third-order valence-corrected chi connectivity index (χ3v) is 2.86. The molecule has 102 valence electrons. The normalized spacial score (nSPS) is 10.7. The first-order chi connectivity index (χ1) is 9.24. The number of aliphatic hydroxyl groups is 1. The molecular formula is C14H19N3O2. The lowest BCUT2D eigenvalue weighted by Gasteiger charge is -2.11. The second kappa shape index (κ2) is 6.33. The SMILES string of the molecule is CCCn1cncc1COc1ccc(C)nc1CO. The Balaban J connectivity index is 2.07. The molecule has 0 aliphatic carbocycles. The molecule has 5 nitrogen and oxygen atoms in total. The Hall–Kier alpha value is -1.88. The van der Waals surface area contributed by atoms with Gasteiger partial charge in [-0.2, -0.15) is 0 Å². The molecular weight excluding hydrogens is 242 g/mol. The number of hydrogen-bond donors (Lipinski definition) is 1. The lowest BCUT2D eigenvalue weighted by atomic mass is 10.3. The number of nitrogens with zero attached hydrogens (tertiary/aromatic N) is 3. The maximum Gasteiger partial charge on any atom is 0.143 e. The van der Waals surface area contributed by atoms with E-state index in [0.29, 0.717) is 18.1 Å². The minimum absolute atomic E-state index is 0.120. The summed E-state index contributed by atoms with van der Waals surface area (Å²) in [5.41, 5.74) is 2.46. The zero-order valence-corrected chi connectivity index (χ0v) is 11.3. The Kier molecular flexibility index (Phi) is 4.52. The Bertz CT molecular complexity index is 537. The first kappa shape index (κ1) is 13.5. The number of pyridine rings is 1. The highest BCUT2D eigenvalue weighted by Crippen LogP contribution is 2.18. The summed E-state index contributed by atoms with van der Waals surface area (Å²) in [6.45, 7) is 5.25. The summed E-state index contributed by atoms with van der Waals surface area (Å²) in [4.78, 5) is 8.38. The van der Waals surface area contributed by atoms with E-state index >= 15 is 0 Å². The molecule has 19 heavy (non-hydrogen) atoms. The number of aromatic nitrogens is 3. The van der Waals surface area contributed by atoms with Gasteiger partial charge in [0.1, 0.15) is 18.1 Å². The van der Waals surface area contributed by atoms with Gasteiger partial charge in [0.2, 0.25) is 0 Å². The van der Waals surface area contributed by atoms with E-state index in [0.717, 1.165) is 24.4 Å². The van der Waals surface area contributed by atoms with E-state index in [4.69, 9.17) is 4.74 Å². The van der Waals surface area contributed by atoms with E-state index in [1.165, 1.54) is 0 Å². The van der Waals surface area contributed by atoms with Crippen LogP contribution in [-0.4, -0.2) is 19.6 Å². The molecule has 0 saturated carbocycles. The average Bonchev–Trinajstić information content (AvgIpc) is 2.85. The number of ether oxygens (including phenoxy) is 1. The van der Waals surface area contributed by atoms with Gasteiger partial charge in [0, 0.05) is 12.2 Å². The molecule has 2 aromatic rings. The summed E-state index contributed by atoms with van der Waals surface area (Å²) >= 11 is 0. The van der Waals surface area contributed by atoms with Crippen LogP contribution in [0.1, 0.15) is 30.4 Å². The number of imidazole rings is 1. The molecule has 0 aromatic carbocycles. The van der Waals surface area contributed by atoms with Crippen LogP contribution < -0.4 is 4.74 Å². The molecule has 2 aromatic heterocycles. The zero-order valence-electron chi connectivity index (χ0n) is 11.3. The van der Waals surface area contributed by atoms with Crippen molar-refractivity contribution in [3.05, 3.63) is 41.7 Å². The summed E-state index contributed by atoms with van der Waals surface area (Å²) in [7, 11) is 0. The summed E-state index contributed by atoms with van der Waals surface area (Å²) in [6, 6.07) is 3.71. The van der Waals surface area contributed by atoms with Crippen molar-refractivity contribution in [1.29, 1.82) is 0 Å². The van der Waals surface area contributed by atoms with Crippen LogP contribution in [0.5, 0.6) is 5.75 Å². The minimum atomic E-state index is -0.120. The van der Waals surface area contributed by atoms with Gasteiger partial charge in [0.15, 0.2) is 0 Å². The quantitative estimate of drug-likeness (QED) is 0.864. The Morgan fingerprint density at radius 3 is 2.95 bits per heavy atom. The smallest absolute Gasteiger partial charge is 0.143 e. The maximum atomic E-state index is 9.28. The number of hydrogen-bond acceptors (Lipinski definition) is 4. The molecule has 0 amide bonds. The van der Waals surface area contributed by atoms with Gasteiger partial charge in [-0.15, -0.1) is 0 Å². The van der Waals surface area contributed by atoms with Crippen molar-refractivity contribution in [3.63, 3.8) is 0 Å². The van der Waals surface area contributed by atoms with Gasteiger partial charge in [-0.05, 0) is 25.5 Å². The highest BCUT2D eigenvalue weighted by molar-refractivity contribution is 5.28. The second-order valence-electron chi connectivity index (χ2n) is 4.42. The third-order valence-electron chi connectivity index (χ3n) is 2.86. The highest BCUT2D eigenvalue weighted by atomic mass is 16.5. The standard InChI is InChI=1S/C14H19N3O2/c1-3-6-17-10-15-7-12(17)9-19-14-5-4-11(2)16-13(14)8-18/h4-5,7,10,18H,3,6,8-9H2,1-2H3. The lowest BCUT2D eigenvalue weighted by Crippen LogP contribution is -2.06. The molecule has 2 rings (SSSR count). The fourth-order valence-electron chi connectivity index (χ4n) is 1.90. The van der Waals surface area contributed by atoms with Gasteiger partial charge in [0.05, 0.1) is 24.8 Å². The van der Waals surface area contributed by atoms with Crippen LogP contribution in [0.3, 0.4) is 0 Å². The molecule has 0 aliphatic rings. The molecule has 2 heterocycles. The van der Waals surface area contributed by atoms with Crippen molar-refractivity contribution < 1.29 is 9.84 Å². The topological polar surface area (TPSA) is 60.2 Å². The largest absolute Gasteiger partial charge is 0.485 e. The van der Waals surface area contributed by atoms with Crippen LogP contribution in [0.2, 0.25) is 0 Å². The monoisotopic (exact) mass is 261 g/mol. The highest BCUT2D eigenvalue weighted by Gasteiger charge is 2.07. The first-order valence-electron chi connectivity index (χ1n) is 6.43. The fraction of sp³-hybridized carbons (Fsp3) is 0.429. The Morgan fingerprint density at radius 1 is 1.37 bits per heavy atom. The van der Waals surface area contributed by atoms with Crippen LogP contribution in [-0.2, 0) is 19.8 Å². The Morgan fingerprint density at radius 2 is 2.21 bits per heavy atom. The van der Waals surface area contributed by atoms with Gasteiger partial charge in [-0.3, -0.25) is 4.98 Å². The molecule has 0 unspecified atom stereocenters. The molecule has 0 aliphatic heterocycles. The molecule has 5 heteroatoms. The molecule has 0 saturated heterocycles. The van der Waals surface area contributed by atoms with Crippen molar-refractivity contribution in [2.24, 2.45) is 0 Å². The third kappa shape index (κ3) is 3.32. The van der Waals surface area contributed by atoms with Crippen molar-refractivity contribution in [2.75, 3.05) is 0 Å². The molecule has 0 bridgehead atoms. The van der Waals surface area contributed by atoms with E-state index in [1.54, 1.807) is 6.20 Å². The Labute approximate surface area is 112 Å². The van der Waals surface area contributed by atoms with Crippen molar-refractivity contribution >= 4 is 0 Å². The van der Waals surface area contributed by atoms with E-state index in [-0.39, 0.29) is 6.61 Å². The predicted molar refractivity (Wildman–Crippen MR) is 71.7 cm³/mol. The molecule has 0 spiro atoms. The van der Waals surface area contributed by atoms with Crippen molar-refractivity contribution in [3.8, 4) is 5.75 Å². The number of aliphatic hydroxyl groups excluding tert-OH is 1. The lowest BCUT2D eigenvalue weighted by molar-refractivity contribution is 0.250. The van der Waals surface area contributed by atoms with E-state index in [2.05, 4.69) is 21.5 Å². The van der Waals surface area contributed by atoms with Gasteiger partial charge < -0.3 is 14.4 Å². The van der Waals surface area contributed by atoms with Gasteiger partial charge in [-0.1, -0.05) is 6.92 Å².